The number of rotatable bonds is 6. The number of fused-ring (bicyclic) bond motifs is 1. The first kappa shape index (κ1) is 20.3. The molecule has 1 aromatic carbocycles. The van der Waals surface area contributed by atoms with E-state index < -0.39 is 0 Å². The van der Waals surface area contributed by atoms with E-state index in [1.807, 2.05) is 48.8 Å². The second-order valence-electron chi connectivity index (χ2n) is 8.41. The first-order valence-electron chi connectivity index (χ1n) is 11.1. The molecule has 0 spiro atoms. The molecule has 0 atom stereocenters. The van der Waals surface area contributed by atoms with Gasteiger partial charge in [0.25, 0.3) is 0 Å². The minimum atomic E-state index is 0.554. The number of pyridine rings is 2. The normalized spacial score (nSPS) is 16.8. The highest BCUT2D eigenvalue weighted by atomic mass is 16.5. The smallest absolute Gasteiger partial charge is 0.219 e. The van der Waals surface area contributed by atoms with Crippen LogP contribution in [0.15, 0.2) is 59.7 Å². The summed E-state index contributed by atoms with van der Waals surface area (Å²) in [5, 5.41) is 9.93. The third kappa shape index (κ3) is 4.68. The molecule has 0 bridgehead atoms. The van der Waals surface area contributed by atoms with Crippen LogP contribution in [0, 0.1) is 17.2 Å². The SMILES string of the molecule is N#CCC1CCN(Cc2ccc3cc(Oc4ccc(C5=CC=NC5)cn4)ccc3n2)CC1. The summed E-state index contributed by atoms with van der Waals surface area (Å²) >= 11 is 0. The average Bonchev–Trinajstić information content (AvgIpc) is 3.36. The van der Waals surface area contributed by atoms with Crippen LogP contribution in [0.2, 0.25) is 0 Å². The maximum Gasteiger partial charge on any atom is 0.219 e. The Morgan fingerprint density at radius 2 is 2.00 bits per heavy atom. The maximum absolute atomic E-state index is 8.88. The van der Waals surface area contributed by atoms with E-state index in [9.17, 15) is 0 Å². The van der Waals surface area contributed by atoms with Crippen LogP contribution in [0.25, 0.3) is 16.5 Å². The zero-order valence-electron chi connectivity index (χ0n) is 17.9. The molecule has 0 radical (unpaired) electrons. The van der Waals surface area contributed by atoms with Crippen LogP contribution in [-0.4, -0.2) is 40.7 Å². The molecule has 32 heavy (non-hydrogen) atoms. The number of ether oxygens (including phenoxy) is 1. The van der Waals surface area contributed by atoms with Crippen LogP contribution in [0.1, 0.15) is 30.5 Å². The van der Waals surface area contributed by atoms with Gasteiger partial charge in [-0.05, 0) is 79.4 Å². The number of nitrogens with zero attached hydrogens (tertiary/aromatic N) is 5. The third-order valence-corrected chi connectivity index (χ3v) is 6.16. The summed E-state index contributed by atoms with van der Waals surface area (Å²) in [4.78, 5) is 15.9. The van der Waals surface area contributed by atoms with E-state index >= 15 is 0 Å². The fraction of sp³-hybridized carbons (Fsp3) is 0.308. The highest BCUT2D eigenvalue weighted by molar-refractivity contribution is 5.89. The molecule has 6 heteroatoms. The highest BCUT2D eigenvalue weighted by Gasteiger charge is 2.19. The Bertz CT molecular complexity index is 1200. The zero-order valence-corrected chi connectivity index (χ0v) is 17.9. The molecule has 4 heterocycles. The molecular weight excluding hydrogens is 398 g/mol. The van der Waals surface area contributed by atoms with Crippen LogP contribution in [0.4, 0.5) is 0 Å². The Morgan fingerprint density at radius 3 is 2.75 bits per heavy atom. The van der Waals surface area contributed by atoms with E-state index in [2.05, 4.69) is 33.1 Å². The maximum atomic E-state index is 8.88. The number of allylic oxidation sites excluding steroid dienone is 1. The third-order valence-electron chi connectivity index (χ3n) is 6.16. The predicted octanol–water partition coefficient (Wildman–Crippen LogP) is 5.02. The van der Waals surface area contributed by atoms with Gasteiger partial charge < -0.3 is 4.74 Å². The van der Waals surface area contributed by atoms with Gasteiger partial charge in [-0.25, -0.2) is 4.98 Å². The Morgan fingerprint density at radius 1 is 1.09 bits per heavy atom. The van der Waals surface area contributed by atoms with Crippen molar-refractivity contribution in [1.82, 2.24) is 14.9 Å². The molecule has 160 valence electrons. The summed E-state index contributed by atoms with van der Waals surface area (Å²) in [6.07, 6.45) is 8.55. The monoisotopic (exact) mass is 423 g/mol. The van der Waals surface area contributed by atoms with Crippen molar-refractivity contribution in [3.8, 4) is 17.7 Å². The van der Waals surface area contributed by atoms with Crippen LogP contribution in [0.5, 0.6) is 11.6 Å². The fourth-order valence-electron chi connectivity index (χ4n) is 4.29. The van der Waals surface area contributed by atoms with Crippen LogP contribution >= 0.6 is 0 Å². The van der Waals surface area contributed by atoms with Gasteiger partial charge >= 0.3 is 0 Å². The van der Waals surface area contributed by atoms with Crippen LogP contribution in [-0.2, 0) is 6.54 Å². The minimum absolute atomic E-state index is 0.554. The molecule has 0 amide bonds. The molecule has 6 nitrogen and oxygen atoms in total. The summed E-state index contributed by atoms with van der Waals surface area (Å²) in [7, 11) is 0. The summed E-state index contributed by atoms with van der Waals surface area (Å²) < 4.78 is 5.96. The first-order valence-corrected chi connectivity index (χ1v) is 11.1. The van der Waals surface area contributed by atoms with Crippen molar-refractivity contribution in [3.63, 3.8) is 0 Å². The summed E-state index contributed by atoms with van der Waals surface area (Å²) in [5.41, 5.74) is 4.28. The quantitative estimate of drug-likeness (QED) is 0.557. The largest absolute Gasteiger partial charge is 0.439 e. The van der Waals surface area contributed by atoms with E-state index in [0.29, 0.717) is 24.8 Å². The number of aliphatic imine (C=N–C) groups is 1. The van der Waals surface area contributed by atoms with Crippen LogP contribution in [0.3, 0.4) is 0 Å². The van der Waals surface area contributed by atoms with E-state index in [0.717, 1.165) is 60.4 Å². The van der Waals surface area contributed by atoms with E-state index in [4.69, 9.17) is 15.0 Å². The minimum Gasteiger partial charge on any atom is -0.439 e. The molecule has 0 saturated carbocycles. The van der Waals surface area contributed by atoms with Gasteiger partial charge in [0.15, 0.2) is 0 Å². The second-order valence-corrected chi connectivity index (χ2v) is 8.41. The molecule has 1 saturated heterocycles. The van der Waals surface area contributed by atoms with Crippen molar-refractivity contribution in [2.45, 2.75) is 25.8 Å². The lowest BCUT2D eigenvalue weighted by atomic mass is 9.94. The first-order chi connectivity index (χ1) is 15.8. The second kappa shape index (κ2) is 9.29. The highest BCUT2D eigenvalue weighted by Crippen LogP contribution is 2.26. The molecule has 0 unspecified atom stereocenters. The zero-order chi connectivity index (χ0) is 21.8. The molecule has 1 fully saturated rings. The van der Waals surface area contributed by atoms with Crippen molar-refractivity contribution in [1.29, 1.82) is 5.26 Å². The summed E-state index contributed by atoms with van der Waals surface area (Å²) in [5.74, 6) is 1.87. The lowest BCUT2D eigenvalue weighted by Crippen LogP contribution is -2.33. The lowest BCUT2D eigenvalue weighted by Gasteiger charge is -2.30. The predicted molar refractivity (Wildman–Crippen MR) is 126 cm³/mol. The van der Waals surface area contributed by atoms with E-state index in [1.54, 1.807) is 0 Å². The molecule has 0 N–H and O–H groups in total. The summed E-state index contributed by atoms with van der Waals surface area (Å²) in [6, 6.07) is 16.4. The number of hydrogen-bond acceptors (Lipinski definition) is 6. The van der Waals surface area contributed by atoms with Gasteiger partial charge in [-0.3, -0.25) is 14.9 Å². The molecule has 2 aromatic heterocycles. The van der Waals surface area contributed by atoms with Crippen molar-refractivity contribution in [2.24, 2.45) is 10.9 Å². The molecular formula is C26H25N5O. The summed E-state index contributed by atoms with van der Waals surface area (Å²) in [6.45, 7) is 3.64. The van der Waals surface area contributed by atoms with Crippen molar-refractivity contribution < 1.29 is 4.74 Å². The van der Waals surface area contributed by atoms with E-state index in [-0.39, 0.29) is 0 Å². The number of hydrogen-bond donors (Lipinski definition) is 0. The van der Waals surface area contributed by atoms with Gasteiger partial charge in [0.2, 0.25) is 5.88 Å². The Labute approximate surface area is 187 Å². The molecule has 2 aliphatic rings. The van der Waals surface area contributed by atoms with Crippen molar-refractivity contribution in [2.75, 3.05) is 19.6 Å². The Kier molecular flexibility index (Phi) is 5.91. The van der Waals surface area contributed by atoms with E-state index in [1.165, 1.54) is 5.57 Å². The Hall–Kier alpha value is -3.56. The van der Waals surface area contributed by atoms with Gasteiger partial charge in [-0.1, -0.05) is 6.07 Å². The average molecular weight is 424 g/mol. The molecule has 0 aliphatic carbocycles. The topological polar surface area (TPSA) is 74.4 Å². The number of likely N-dealkylation sites (tertiary alicyclic amines) is 1. The van der Waals surface area contributed by atoms with Crippen molar-refractivity contribution >= 4 is 22.7 Å². The Balaban J connectivity index is 1.23. The fourth-order valence-corrected chi connectivity index (χ4v) is 4.29. The van der Waals surface area contributed by atoms with Gasteiger partial charge in [-0.2, -0.15) is 5.26 Å². The molecule has 3 aromatic rings. The molecule has 2 aliphatic heterocycles. The van der Waals surface area contributed by atoms with Gasteiger partial charge in [0.05, 0.1) is 23.8 Å². The lowest BCUT2D eigenvalue weighted by molar-refractivity contribution is 0.177. The molecule has 5 rings (SSSR count). The number of nitriles is 1. The number of benzene rings is 1. The van der Waals surface area contributed by atoms with Crippen molar-refractivity contribution in [3.05, 3.63) is 66.0 Å². The number of aromatic nitrogens is 2. The standard InChI is InChI=1S/C26H25N5O/c27-11-7-19-9-13-31(14-10-19)18-23-3-1-20-15-24(4-5-25(20)30-23)32-26-6-2-21(17-29-26)22-8-12-28-16-22/h1-6,8,12,15,17,19H,7,9-10,13-14,16,18H2. The number of piperidine rings is 1. The van der Waals surface area contributed by atoms with Gasteiger partial charge in [0, 0.05) is 36.8 Å². The van der Waals surface area contributed by atoms with Gasteiger partial charge in [-0.15, -0.1) is 0 Å². The van der Waals surface area contributed by atoms with Crippen LogP contribution < -0.4 is 4.74 Å². The van der Waals surface area contributed by atoms with Gasteiger partial charge in [0.1, 0.15) is 5.75 Å².